The molecule has 0 bridgehead atoms. The highest BCUT2D eigenvalue weighted by Gasteiger charge is 2.43. The van der Waals surface area contributed by atoms with Gasteiger partial charge >= 0.3 is 5.97 Å². The third-order valence-corrected chi connectivity index (χ3v) is 6.71. The molecule has 1 aromatic carbocycles. The lowest BCUT2D eigenvalue weighted by Crippen LogP contribution is -2.26. The van der Waals surface area contributed by atoms with E-state index < -0.39 is 17.2 Å². The maximum atomic E-state index is 15.3. The molecule has 0 radical (unpaired) electrons. The summed E-state index contributed by atoms with van der Waals surface area (Å²) in [5.41, 5.74) is -0.336. The van der Waals surface area contributed by atoms with Crippen molar-refractivity contribution in [1.29, 1.82) is 0 Å². The Kier molecular flexibility index (Phi) is 4.10. The fourth-order valence-electron chi connectivity index (χ4n) is 5.14. The van der Waals surface area contributed by atoms with E-state index in [0.29, 0.717) is 30.2 Å². The molecule has 2 heterocycles. The molecule has 0 unspecified atom stereocenters. The largest absolute Gasteiger partial charge is 0.492 e. The Labute approximate surface area is 166 Å². The molecule has 3 aliphatic rings. The quantitative estimate of drug-likeness (QED) is 0.816. The van der Waals surface area contributed by atoms with E-state index in [4.69, 9.17) is 4.74 Å². The summed E-state index contributed by atoms with van der Waals surface area (Å²) in [5, 5.41) is 19.7. The highest BCUT2D eigenvalue weighted by Crippen LogP contribution is 2.47. The molecule has 2 saturated carbocycles. The zero-order valence-electron chi connectivity index (χ0n) is 16.1. The second-order valence-electron chi connectivity index (χ2n) is 8.43. The van der Waals surface area contributed by atoms with Gasteiger partial charge < -0.3 is 24.4 Å². The number of aliphatic hydroxyl groups is 1. The van der Waals surface area contributed by atoms with Crippen molar-refractivity contribution in [3.8, 4) is 5.75 Å². The van der Waals surface area contributed by atoms with Crippen LogP contribution in [0.3, 0.4) is 0 Å². The molecule has 2 aromatic rings. The van der Waals surface area contributed by atoms with E-state index in [1.807, 2.05) is 4.90 Å². The Morgan fingerprint density at radius 3 is 2.62 bits per heavy atom. The highest BCUT2D eigenvalue weighted by atomic mass is 19.1. The number of aromatic carboxylic acids is 1. The number of benzene rings is 1. The minimum Gasteiger partial charge on any atom is -0.492 e. The van der Waals surface area contributed by atoms with E-state index in [9.17, 15) is 19.8 Å². The molecular formula is C21H23FN2O5. The van der Waals surface area contributed by atoms with Crippen LogP contribution in [0.5, 0.6) is 5.75 Å². The predicted octanol–water partition coefficient (Wildman–Crippen LogP) is 2.39. The van der Waals surface area contributed by atoms with Gasteiger partial charge in [0.1, 0.15) is 11.3 Å². The first-order chi connectivity index (χ1) is 13.9. The fourth-order valence-corrected chi connectivity index (χ4v) is 5.14. The van der Waals surface area contributed by atoms with E-state index >= 15 is 4.39 Å². The van der Waals surface area contributed by atoms with Gasteiger partial charge in [0.25, 0.3) is 0 Å². The van der Waals surface area contributed by atoms with Gasteiger partial charge in [-0.25, -0.2) is 9.18 Å². The molecule has 5 rings (SSSR count). The Balaban J connectivity index is 1.73. The van der Waals surface area contributed by atoms with Crippen molar-refractivity contribution in [3.63, 3.8) is 0 Å². The zero-order chi connectivity index (χ0) is 20.4. The number of hydrogen-bond acceptors (Lipinski definition) is 5. The molecule has 8 heteroatoms. The topological polar surface area (TPSA) is 92.0 Å². The second kappa shape index (κ2) is 6.45. The van der Waals surface area contributed by atoms with Crippen LogP contribution in [0.1, 0.15) is 42.1 Å². The number of anilines is 1. The highest BCUT2D eigenvalue weighted by molar-refractivity contribution is 5.97. The van der Waals surface area contributed by atoms with Gasteiger partial charge in [-0.1, -0.05) is 0 Å². The molecule has 3 fully saturated rings. The minimum atomic E-state index is -1.32. The normalized spacial score (nSPS) is 26.2. The molecule has 29 heavy (non-hydrogen) atoms. The number of aromatic nitrogens is 1. The number of aliphatic hydroxyl groups excluding tert-OH is 1. The van der Waals surface area contributed by atoms with Crippen LogP contribution in [0.4, 0.5) is 10.1 Å². The van der Waals surface area contributed by atoms with Crippen LogP contribution >= 0.6 is 0 Å². The number of carbonyl (C=O) groups is 1. The molecule has 3 atom stereocenters. The van der Waals surface area contributed by atoms with Gasteiger partial charge in [0.2, 0.25) is 5.43 Å². The van der Waals surface area contributed by atoms with E-state index in [-0.39, 0.29) is 34.8 Å². The number of carboxylic acid groups (broad SMARTS) is 1. The molecule has 7 nitrogen and oxygen atoms in total. The minimum absolute atomic E-state index is 0.0225. The van der Waals surface area contributed by atoms with Crippen LogP contribution in [0.25, 0.3) is 10.9 Å². The van der Waals surface area contributed by atoms with Gasteiger partial charge in [0, 0.05) is 31.2 Å². The third-order valence-electron chi connectivity index (χ3n) is 6.71. The molecule has 1 saturated heterocycles. The summed E-state index contributed by atoms with van der Waals surface area (Å²) in [6.07, 6.45) is 4.41. The van der Waals surface area contributed by atoms with Crippen LogP contribution in [0, 0.1) is 17.7 Å². The van der Waals surface area contributed by atoms with E-state index in [1.54, 1.807) is 4.57 Å². The summed E-state index contributed by atoms with van der Waals surface area (Å²) in [7, 11) is 1.44. The summed E-state index contributed by atoms with van der Waals surface area (Å²) in [6, 6.07) is 1.22. The number of halogens is 1. The maximum Gasteiger partial charge on any atom is 0.341 e. The molecule has 0 amide bonds. The summed E-state index contributed by atoms with van der Waals surface area (Å²) in [6.45, 7) is 1.16. The van der Waals surface area contributed by atoms with E-state index in [2.05, 4.69) is 0 Å². The monoisotopic (exact) mass is 402 g/mol. The number of hydrogen-bond donors (Lipinski definition) is 2. The van der Waals surface area contributed by atoms with Crippen LogP contribution in [0.15, 0.2) is 17.1 Å². The molecule has 1 aliphatic heterocycles. The summed E-state index contributed by atoms with van der Waals surface area (Å²) >= 11 is 0. The van der Waals surface area contributed by atoms with Gasteiger partial charge in [-0.05, 0) is 37.7 Å². The van der Waals surface area contributed by atoms with Crippen LogP contribution in [-0.4, -0.2) is 47.1 Å². The average molecular weight is 402 g/mol. The lowest BCUT2D eigenvalue weighted by atomic mass is 10.00. The molecule has 2 N–H and O–H groups in total. The molecule has 1 aromatic heterocycles. The van der Waals surface area contributed by atoms with Crippen molar-refractivity contribution in [3.05, 3.63) is 33.9 Å². The van der Waals surface area contributed by atoms with Crippen LogP contribution in [-0.2, 0) is 0 Å². The molecule has 2 aliphatic carbocycles. The number of methoxy groups -OCH3 is 1. The number of fused-ring (bicyclic) bond motifs is 2. The smallest absolute Gasteiger partial charge is 0.341 e. The third kappa shape index (κ3) is 2.73. The van der Waals surface area contributed by atoms with E-state index in [1.165, 1.54) is 13.3 Å². The Morgan fingerprint density at radius 1 is 1.24 bits per heavy atom. The number of rotatable bonds is 4. The SMILES string of the molecule is COc1c(N2C[C@@H]3CC[C@@H](O)[C@@H]3C2)c(F)cc2c(=O)c(C(=O)O)cn(C3CC3)c12. The van der Waals surface area contributed by atoms with Crippen molar-refractivity contribution >= 4 is 22.6 Å². The van der Waals surface area contributed by atoms with Crippen molar-refractivity contribution in [1.82, 2.24) is 4.57 Å². The molecule has 154 valence electrons. The Hall–Kier alpha value is -2.61. The average Bonchev–Trinajstić information content (AvgIpc) is 3.35. The second-order valence-corrected chi connectivity index (χ2v) is 8.43. The zero-order valence-corrected chi connectivity index (χ0v) is 16.1. The fraction of sp³-hybridized carbons (Fsp3) is 0.524. The first-order valence-corrected chi connectivity index (χ1v) is 10.0. The first-order valence-electron chi connectivity index (χ1n) is 10.0. The van der Waals surface area contributed by atoms with Crippen molar-refractivity contribution in [2.24, 2.45) is 11.8 Å². The number of nitrogens with zero attached hydrogens (tertiary/aromatic N) is 2. The van der Waals surface area contributed by atoms with E-state index in [0.717, 1.165) is 31.7 Å². The van der Waals surface area contributed by atoms with Crippen LogP contribution < -0.4 is 15.1 Å². The molecular weight excluding hydrogens is 379 g/mol. The van der Waals surface area contributed by atoms with Crippen LogP contribution in [0.2, 0.25) is 0 Å². The van der Waals surface area contributed by atoms with Crippen molar-refractivity contribution in [2.75, 3.05) is 25.1 Å². The van der Waals surface area contributed by atoms with Gasteiger partial charge in [0.05, 0.1) is 24.1 Å². The number of ether oxygens (including phenoxy) is 1. The summed E-state index contributed by atoms with van der Waals surface area (Å²) < 4.78 is 22.7. The standard InChI is InChI=1S/C21H23FN2O5/c1-29-20-17-12(19(26)14(21(27)28)9-24(17)11-3-4-11)6-15(22)18(20)23-7-10-2-5-16(25)13(10)8-23/h6,9-11,13,16,25H,2-5,7-8H2,1H3,(H,27,28)/t10-,13+,16+/m0/s1. The van der Waals surface area contributed by atoms with Crippen molar-refractivity contribution < 1.29 is 24.1 Å². The lowest BCUT2D eigenvalue weighted by molar-refractivity contribution is 0.0694. The molecule has 0 spiro atoms. The maximum absolute atomic E-state index is 15.3. The van der Waals surface area contributed by atoms with Gasteiger partial charge in [-0.2, -0.15) is 0 Å². The van der Waals surface area contributed by atoms with Gasteiger partial charge in [0.15, 0.2) is 11.6 Å². The predicted molar refractivity (Wildman–Crippen MR) is 104 cm³/mol. The Morgan fingerprint density at radius 2 is 2.00 bits per heavy atom. The van der Waals surface area contributed by atoms with Gasteiger partial charge in [-0.3, -0.25) is 4.79 Å². The number of pyridine rings is 1. The number of carboxylic acids is 1. The van der Waals surface area contributed by atoms with Gasteiger partial charge in [-0.15, -0.1) is 0 Å². The first kappa shape index (κ1) is 18.4. The summed E-state index contributed by atoms with van der Waals surface area (Å²) in [5.74, 6) is -1.25. The van der Waals surface area contributed by atoms with Crippen molar-refractivity contribution in [2.45, 2.75) is 37.8 Å². The Bertz CT molecular complexity index is 1080. The summed E-state index contributed by atoms with van der Waals surface area (Å²) in [4.78, 5) is 26.2. The lowest BCUT2D eigenvalue weighted by Gasteiger charge is -2.25.